The molecule has 0 bridgehead atoms. The molecule has 0 aliphatic carbocycles. The Balaban J connectivity index is -0.000000467. The second-order valence-corrected chi connectivity index (χ2v) is 3.16. The van der Waals surface area contributed by atoms with Crippen molar-refractivity contribution in [2.45, 2.75) is 41.0 Å². The molecule has 2 heteroatoms. The van der Waals surface area contributed by atoms with Crippen molar-refractivity contribution >= 4 is 5.78 Å². The normalized spacial score (nSPS) is 7.37. The predicted octanol–water partition coefficient (Wildman–Crippen LogP) is 3.77. The van der Waals surface area contributed by atoms with Gasteiger partial charge in [-0.15, -0.1) is 12.3 Å². The quantitative estimate of drug-likeness (QED) is 0.464. The van der Waals surface area contributed by atoms with Gasteiger partial charge >= 0.3 is 0 Å². The first-order valence-corrected chi connectivity index (χ1v) is 6.38. The lowest BCUT2D eigenvalue weighted by Gasteiger charge is -2.02. The first-order valence-electron chi connectivity index (χ1n) is 6.38. The molecule has 0 aliphatic heterocycles. The minimum atomic E-state index is -0.0630. The smallest absolute Gasteiger partial charge is 0.185 e. The molecule has 0 unspecified atom stereocenters. The molecule has 0 saturated heterocycles. The molecule has 2 N–H and O–H groups in total. The number of rotatable bonds is 3. The number of benzene rings is 1. The monoisotopic (exact) mass is 262 g/mol. The maximum Gasteiger partial charge on any atom is 0.185 e. The van der Waals surface area contributed by atoms with Crippen LogP contribution >= 0.6 is 0 Å². The standard InChI is InChI=1S/C13H12O.2C2H6.H2O/c1-4-6-11-7-10(3)8-12(9-11)13(14)5-2;2*1-2;/h1,5,7-9H,2,6H2,3H3;2*1-2H3;1H2. The lowest BCUT2D eigenvalue weighted by Crippen LogP contribution is -1.96. The molecule has 106 valence electrons. The van der Waals surface area contributed by atoms with Crippen molar-refractivity contribution in [2.75, 3.05) is 0 Å². The van der Waals surface area contributed by atoms with E-state index in [9.17, 15) is 4.79 Å². The molecule has 1 aromatic carbocycles. The largest absolute Gasteiger partial charge is 0.412 e. The summed E-state index contributed by atoms with van der Waals surface area (Å²) >= 11 is 0. The van der Waals surface area contributed by atoms with Crippen LogP contribution in [0.4, 0.5) is 0 Å². The van der Waals surface area contributed by atoms with E-state index in [1.165, 1.54) is 6.08 Å². The summed E-state index contributed by atoms with van der Waals surface area (Å²) in [4.78, 5) is 11.4. The highest BCUT2D eigenvalue weighted by molar-refractivity contribution is 6.04. The Hall–Kier alpha value is -1.85. The van der Waals surface area contributed by atoms with Crippen LogP contribution in [-0.2, 0) is 6.42 Å². The van der Waals surface area contributed by atoms with Crippen molar-refractivity contribution in [1.29, 1.82) is 0 Å². The summed E-state index contributed by atoms with van der Waals surface area (Å²) in [5, 5.41) is 0. The highest BCUT2D eigenvalue weighted by Gasteiger charge is 2.03. The van der Waals surface area contributed by atoms with Crippen molar-refractivity contribution in [3.8, 4) is 12.3 Å². The van der Waals surface area contributed by atoms with Gasteiger partial charge in [-0.2, -0.15) is 0 Å². The van der Waals surface area contributed by atoms with E-state index in [1.54, 1.807) is 0 Å². The third kappa shape index (κ3) is 8.82. The highest BCUT2D eigenvalue weighted by Crippen LogP contribution is 2.11. The summed E-state index contributed by atoms with van der Waals surface area (Å²) in [6.07, 6.45) is 7.08. The molecule has 0 fully saturated rings. The van der Waals surface area contributed by atoms with Crippen LogP contribution in [0.1, 0.15) is 49.2 Å². The maximum atomic E-state index is 11.4. The van der Waals surface area contributed by atoms with E-state index in [4.69, 9.17) is 6.42 Å². The van der Waals surface area contributed by atoms with Gasteiger partial charge in [-0.05, 0) is 30.7 Å². The van der Waals surface area contributed by atoms with Gasteiger partial charge in [-0.3, -0.25) is 4.79 Å². The van der Waals surface area contributed by atoms with Gasteiger partial charge in [-0.25, -0.2) is 0 Å². The lowest BCUT2D eigenvalue weighted by molar-refractivity contribution is 0.104. The minimum Gasteiger partial charge on any atom is -0.412 e. The number of terminal acetylenes is 1. The molecule has 0 heterocycles. The summed E-state index contributed by atoms with van der Waals surface area (Å²) in [6.45, 7) is 13.4. The Morgan fingerprint density at radius 3 is 2.21 bits per heavy atom. The Morgan fingerprint density at radius 1 is 1.26 bits per heavy atom. The predicted molar refractivity (Wildman–Crippen MR) is 84.6 cm³/mol. The van der Waals surface area contributed by atoms with Gasteiger partial charge in [-0.1, -0.05) is 45.9 Å². The zero-order valence-electron chi connectivity index (χ0n) is 12.7. The minimum absolute atomic E-state index is 0. The van der Waals surface area contributed by atoms with E-state index in [0.29, 0.717) is 12.0 Å². The molecule has 0 saturated carbocycles. The van der Waals surface area contributed by atoms with Gasteiger partial charge in [0, 0.05) is 12.0 Å². The summed E-state index contributed by atoms with van der Waals surface area (Å²) < 4.78 is 0. The fourth-order valence-electron chi connectivity index (χ4n) is 1.34. The summed E-state index contributed by atoms with van der Waals surface area (Å²) in [5.74, 6) is 2.50. The van der Waals surface area contributed by atoms with Gasteiger partial charge < -0.3 is 5.48 Å². The van der Waals surface area contributed by atoms with Crippen molar-refractivity contribution in [3.05, 3.63) is 47.5 Å². The second kappa shape index (κ2) is 14.2. The average Bonchev–Trinajstić information content (AvgIpc) is 2.42. The van der Waals surface area contributed by atoms with Crippen molar-refractivity contribution in [2.24, 2.45) is 0 Å². The summed E-state index contributed by atoms with van der Waals surface area (Å²) in [6, 6.07) is 5.64. The van der Waals surface area contributed by atoms with Gasteiger partial charge in [0.15, 0.2) is 5.78 Å². The van der Waals surface area contributed by atoms with Crippen LogP contribution in [0, 0.1) is 19.3 Å². The molecule has 1 aromatic rings. The van der Waals surface area contributed by atoms with Gasteiger partial charge in [0.05, 0.1) is 0 Å². The molecule has 0 spiro atoms. The first kappa shape index (κ1) is 22.3. The average molecular weight is 262 g/mol. The third-order valence-corrected chi connectivity index (χ3v) is 1.91. The van der Waals surface area contributed by atoms with Crippen molar-refractivity contribution in [3.63, 3.8) is 0 Å². The molecular weight excluding hydrogens is 236 g/mol. The second-order valence-electron chi connectivity index (χ2n) is 3.16. The Labute approximate surface area is 117 Å². The van der Waals surface area contributed by atoms with Crippen LogP contribution in [0.5, 0.6) is 0 Å². The number of carbonyl (C=O) groups is 1. The molecule has 0 aromatic heterocycles. The van der Waals surface area contributed by atoms with E-state index in [0.717, 1.165) is 11.1 Å². The fraction of sp³-hybridized carbons (Fsp3) is 0.353. The van der Waals surface area contributed by atoms with E-state index < -0.39 is 0 Å². The summed E-state index contributed by atoms with van der Waals surface area (Å²) in [5.41, 5.74) is 2.70. The first-order chi connectivity index (χ1) is 8.67. The number of hydrogen-bond donors (Lipinski definition) is 0. The van der Waals surface area contributed by atoms with E-state index in [2.05, 4.69) is 12.5 Å². The van der Waals surface area contributed by atoms with Gasteiger partial charge in [0.1, 0.15) is 0 Å². The van der Waals surface area contributed by atoms with Crippen LogP contribution in [0.3, 0.4) is 0 Å². The molecule has 1 rings (SSSR count). The van der Waals surface area contributed by atoms with Gasteiger partial charge in [0.2, 0.25) is 0 Å². The number of aryl methyl sites for hydroxylation is 1. The molecule has 19 heavy (non-hydrogen) atoms. The van der Waals surface area contributed by atoms with Crippen LogP contribution in [0.25, 0.3) is 0 Å². The molecule has 2 nitrogen and oxygen atoms in total. The van der Waals surface area contributed by atoms with E-state index in [1.807, 2.05) is 52.8 Å². The van der Waals surface area contributed by atoms with Crippen LogP contribution < -0.4 is 0 Å². The highest BCUT2D eigenvalue weighted by atomic mass is 16.1. The Bertz CT molecular complexity index is 412. The third-order valence-electron chi connectivity index (χ3n) is 1.91. The SMILES string of the molecule is C#CCc1cc(C)cc(C(=O)C=C)c1.CC.CC.O. The Kier molecular flexibility index (Phi) is 16.7. The number of ketones is 1. The van der Waals surface area contributed by atoms with Crippen molar-refractivity contribution in [1.82, 2.24) is 0 Å². The van der Waals surface area contributed by atoms with Crippen LogP contribution in [-0.4, -0.2) is 11.3 Å². The topological polar surface area (TPSA) is 48.6 Å². The Morgan fingerprint density at radius 2 is 1.79 bits per heavy atom. The summed E-state index contributed by atoms with van der Waals surface area (Å²) in [7, 11) is 0. The zero-order valence-corrected chi connectivity index (χ0v) is 12.7. The zero-order chi connectivity index (χ0) is 14.6. The lowest BCUT2D eigenvalue weighted by atomic mass is 10.0. The number of hydrogen-bond acceptors (Lipinski definition) is 1. The van der Waals surface area contributed by atoms with E-state index in [-0.39, 0.29) is 11.3 Å². The molecular formula is C17H26O2. The number of allylic oxidation sites excluding steroid dienone is 1. The molecule has 0 amide bonds. The molecule has 0 atom stereocenters. The number of carbonyl (C=O) groups excluding carboxylic acids is 1. The van der Waals surface area contributed by atoms with Crippen LogP contribution in [0.2, 0.25) is 0 Å². The van der Waals surface area contributed by atoms with Crippen molar-refractivity contribution < 1.29 is 10.3 Å². The van der Waals surface area contributed by atoms with Gasteiger partial charge in [0.25, 0.3) is 0 Å². The fourth-order valence-corrected chi connectivity index (χ4v) is 1.34. The molecule has 0 aliphatic rings. The molecule has 0 radical (unpaired) electrons. The van der Waals surface area contributed by atoms with E-state index >= 15 is 0 Å². The maximum absolute atomic E-state index is 11.4. The van der Waals surface area contributed by atoms with Crippen LogP contribution in [0.15, 0.2) is 30.9 Å².